The summed E-state index contributed by atoms with van der Waals surface area (Å²) in [6, 6.07) is 72.6. The Morgan fingerprint density at radius 1 is 0.309 bits per heavy atom. The smallest absolute Gasteiger partial charge is 0.0715 e. The zero-order valence-corrected chi connectivity index (χ0v) is 31.0. The molecule has 10 rings (SSSR count). The number of nitrogens with zero attached hydrogens (tertiary/aromatic N) is 1. The first-order valence-corrected chi connectivity index (χ1v) is 19.1. The van der Waals surface area contributed by atoms with E-state index < -0.39 is 0 Å². The SMILES string of the molecule is CC1(C)c2ccccc2-c2cc(-c3cccc4ccccc34)c(-c3ccc(-c4ccc(-c5cc(-c6ccccc6)cc(-c6ccccc6)n5)cc4)cc3)cc21. The van der Waals surface area contributed by atoms with Crippen LogP contribution in [0.3, 0.4) is 0 Å². The Kier molecular flexibility index (Phi) is 7.89. The minimum atomic E-state index is -0.0863. The van der Waals surface area contributed by atoms with Crippen LogP contribution in [-0.2, 0) is 5.41 Å². The lowest BCUT2D eigenvalue weighted by Gasteiger charge is -2.23. The van der Waals surface area contributed by atoms with Crippen molar-refractivity contribution in [3.05, 3.63) is 211 Å². The van der Waals surface area contributed by atoms with Crippen LogP contribution in [-0.4, -0.2) is 4.98 Å². The molecule has 0 amide bonds. The summed E-state index contributed by atoms with van der Waals surface area (Å²) in [6.07, 6.45) is 0. The van der Waals surface area contributed by atoms with Crippen LogP contribution in [0.2, 0.25) is 0 Å². The lowest BCUT2D eigenvalue weighted by molar-refractivity contribution is 0.660. The second-order valence-electron chi connectivity index (χ2n) is 15.2. The van der Waals surface area contributed by atoms with Gasteiger partial charge in [-0.3, -0.25) is 0 Å². The summed E-state index contributed by atoms with van der Waals surface area (Å²) in [6.45, 7) is 4.73. The van der Waals surface area contributed by atoms with Crippen LogP contribution in [0.25, 0.3) is 88.9 Å². The topological polar surface area (TPSA) is 12.9 Å². The van der Waals surface area contributed by atoms with Gasteiger partial charge in [-0.05, 0) is 102 Å². The summed E-state index contributed by atoms with van der Waals surface area (Å²) in [5.41, 5.74) is 19.2. The molecule has 1 nitrogen and oxygen atoms in total. The molecule has 0 N–H and O–H groups in total. The van der Waals surface area contributed by atoms with Crippen LogP contribution in [0.1, 0.15) is 25.0 Å². The number of aromatic nitrogens is 1. The largest absolute Gasteiger partial charge is 0.248 e. The second kappa shape index (κ2) is 13.2. The minimum absolute atomic E-state index is 0.0863. The van der Waals surface area contributed by atoms with Gasteiger partial charge in [0.1, 0.15) is 0 Å². The van der Waals surface area contributed by atoms with Crippen molar-refractivity contribution in [1.82, 2.24) is 4.98 Å². The van der Waals surface area contributed by atoms with Crippen LogP contribution in [0.5, 0.6) is 0 Å². The van der Waals surface area contributed by atoms with Crippen molar-refractivity contribution in [2.24, 2.45) is 0 Å². The molecule has 0 unspecified atom stereocenters. The summed E-state index contributed by atoms with van der Waals surface area (Å²) >= 11 is 0. The van der Waals surface area contributed by atoms with Crippen molar-refractivity contribution in [1.29, 1.82) is 0 Å². The second-order valence-corrected chi connectivity index (χ2v) is 15.2. The molecule has 0 radical (unpaired) electrons. The maximum absolute atomic E-state index is 5.15. The van der Waals surface area contributed by atoms with Gasteiger partial charge in [-0.25, -0.2) is 4.98 Å². The molecule has 9 aromatic rings. The molecule has 0 aliphatic heterocycles. The van der Waals surface area contributed by atoms with Gasteiger partial charge < -0.3 is 0 Å². The van der Waals surface area contributed by atoms with Crippen LogP contribution in [0.4, 0.5) is 0 Å². The maximum atomic E-state index is 5.15. The predicted molar refractivity (Wildman–Crippen MR) is 232 cm³/mol. The Labute approximate surface area is 323 Å². The highest BCUT2D eigenvalue weighted by atomic mass is 14.7. The molecule has 1 aromatic heterocycles. The lowest BCUT2D eigenvalue weighted by atomic mass is 9.80. The Hall–Kier alpha value is -6.83. The van der Waals surface area contributed by atoms with Crippen LogP contribution in [0, 0.1) is 0 Å². The number of benzene rings is 8. The van der Waals surface area contributed by atoms with E-state index in [4.69, 9.17) is 4.98 Å². The molecule has 1 heteroatoms. The predicted octanol–water partition coefficient (Wildman–Crippen LogP) is 14.5. The normalized spacial score (nSPS) is 12.7. The minimum Gasteiger partial charge on any atom is -0.248 e. The van der Waals surface area contributed by atoms with Gasteiger partial charge in [-0.2, -0.15) is 0 Å². The quantitative estimate of drug-likeness (QED) is 0.168. The Bertz CT molecular complexity index is 2790. The molecule has 0 fully saturated rings. The van der Waals surface area contributed by atoms with Crippen molar-refractivity contribution in [3.63, 3.8) is 0 Å². The zero-order valence-electron chi connectivity index (χ0n) is 31.0. The lowest BCUT2D eigenvalue weighted by Crippen LogP contribution is -2.15. The third kappa shape index (κ3) is 5.77. The molecule has 0 saturated heterocycles. The monoisotopic (exact) mass is 701 g/mol. The third-order valence-electron chi connectivity index (χ3n) is 11.5. The maximum Gasteiger partial charge on any atom is 0.0715 e. The molecule has 1 aliphatic rings. The highest BCUT2D eigenvalue weighted by Gasteiger charge is 2.36. The van der Waals surface area contributed by atoms with Gasteiger partial charge in [0.25, 0.3) is 0 Å². The number of hydrogen-bond donors (Lipinski definition) is 0. The van der Waals surface area contributed by atoms with Gasteiger partial charge in [0.15, 0.2) is 0 Å². The van der Waals surface area contributed by atoms with E-state index in [1.807, 2.05) is 6.07 Å². The summed E-state index contributed by atoms with van der Waals surface area (Å²) in [4.78, 5) is 5.15. The summed E-state index contributed by atoms with van der Waals surface area (Å²) in [5, 5.41) is 2.53. The van der Waals surface area contributed by atoms with Crippen molar-refractivity contribution in [2.45, 2.75) is 19.3 Å². The molecular weight excluding hydrogens is 663 g/mol. The van der Waals surface area contributed by atoms with Crippen molar-refractivity contribution < 1.29 is 0 Å². The van der Waals surface area contributed by atoms with E-state index in [0.29, 0.717) is 0 Å². The van der Waals surface area contributed by atoms with E-state index in [1.54, 1.807) is 0 Å². The first-order valence-electron chi connectivity index (χ1n) is 19.1. The number of fused-ring (bicyclic) bond motifs is 4. The molecule has 260 valence electrons. The summed E-state index contributed by atoms with van der Waals surface area (Å²) in [7, 11) is 0. The Morgan fingerprint density at radius 3 is 1.53 bits per heavy atom. The van der Waals surface area contributed by atoms with E-state index in [0.717, 1.165) is 28.1 Å². The van der Waals surface area contributed by atoms with E-state index in [-0.39, 0.29) is 5.41 Å². The molecule has 1 heterocycles. The molecule has 1 aliphatic carbocycles. The van der Waals surface area contributed by atoms with E-state index in [1.165, 1.54) is 72.0 Å². The Morgan fingerprint density at radius 2 is 0.818 bits per heavy atom. The van der Waals surface area contributed by atoms with Gasteiger partial charge >= 0.3 is 0 Å². The number of pyridine rings is 1. The highest BCUT2D eigenvalue weighted by molar-refractivity contribution is 6.02. The fourth-order valence-electron chi connectivity index (χ4n) is 8.58. The first kappa shape index (κ1) is 32.8. The third-order valence-corrected chi connectivity index (χ3v) is 11.5. The van der Waals surface area contributed by atoms with Crippen molar-refractivity contribution in [2.75, 3.05) is 0 Å². The van der Waals surface area contributed by atoms with Crippen molar-refractivity contribution >= 4 is 10.8 Å². The molecule has 0 spiro atoms. The zero-order chi connectivity index (χ0) is 36.9. The average Bonchev–Trinajstić information content (AvgIpc) is 3.48. The van der Waals surface area contributed by atoms with E-state index >= 15 is 0 Å². The molecular formula is C54H39N. The molecule has 8 aromatic carbocycles. The number of hydrogen-bond acceptors (Lipinski definition) is 1. The molecule has 0 saturated carbocycles. The summed E-state index contributed by atoms with van der Waals surface area (Å²) in [5.74, 6) is 0. The molecule has 0 atom stereocenters. The van der Waals surface area contributed by atoms with Crippen LogP contribution < -0.4 is 0 Å². The van der Waals surface area contributed by atoms with Gasteiger partial charge in [0.05, 0.1) is 11.4 Å². The van der Waals surface area contributed by atoms with Crippen molar-refractivity contribution in [3.8, 4) is 78.1 Å². The first-order chi connectivity index (χ1) is 27.0. The molecule has 55 heavy (non-hydrogen) atoms. The van der Waals surface area contributed by atoms with Gasteiger partial charge in [0.2, 0.25) is 0 Å². The van der Waals surface area contributed by atoms with Crippen LogP contribution in [0.15, 0.2) is 200 Å². The Balaban J connectivity index is 1.04. The standard InChI is InChI=1S/C54H39N/c1-54(2)50-23-12-11-21-46(50)49-34-48(45-22-13-19-39-16-9-10-20-44(39)45)47(35-51(49)54)40-28-24-37(25-29-40)38-26-30-42(31-27-38)53-33-43(36-14-5-3-6-15-36)32-52(55-53)41-17-7-4-8-18-41/h3-35H,1-2H3. The van der Waals surface area contributed by atoms with E-state index in [2.05, 4.69) is 208 Å². The highest BCUT2D eigenvalue weighted by Crippen LogP contribution is 2.52. The van der Waals surface area contributed by atoms with E-state index in [9.17, 15) is 0 Å². The number of rotatable bonds is 6. The van der Waals surface area contributed by atoms with Crippen LogP contribution >= 0.6 is 0 Å². The molecule has 0 bridgehead atoms. The van der Waals surface area contributed by atoms with Gasteiger partial charge in [0, 0.05) is 16.5 Å². The fraction of sp³-hybridized carbons (Fsp3) is 0.0556. The fourth-order valence-corrected chi connectivity index (χ4v) is 8.58. The summed E-state index contributed by atoms with van der Waals surface area (Å²) < 4.78 is 0. The van der Waals surface area contributed by atoms with Gasteiger partial charge in [-0.15, -0.1) is 0 Å². The van der Waals surface area contributed by atoms with Gasteiger partial charge in [-0.1, -0.05) is 190 Å². The average molecular weight is 702 g/mol.